The van der Waals surface area contributed by atoms with Crippen molar-refractivity contribution in [3.05, 3.63) is 0 Å². The number of alkyl carbamates (subject to hydrolysis) is 5. The average Bonchev–Trinajstić information content (AvgIpc) is 3.80. The number of aliphatic carboxylic acids is 5. The van der Waals surface area contributed by atoms with Crippen LogP contribution in [0.3, 0.4) is 0 Å². The van der Waals surface area contributed by atoms with Crippen molar-refractivity contribution in [3.63, 3.8) is 0 Å². The number of amides is 5. The average molecular weight is 1160 g/mol. The second-order valence-corrected chi connectivity index (χ2v) is 23.8. The standard InChI is InChI=1S/C12H23NO4.C11H19NO5.C10H18FNO4.C10H19NO4.C9H16FNO4/c1-7(2)8(3)17-11(16)13-9(10(14)15)12(4,5)6;1-11(2,3)8(9(13)14)12-10(15)17-7-4-5-16-6-7;1-10(2,3)7(8(13)14)12-9(15)16-6-4-5-11;1-5-6-15-9(14)11-7(8(12)13)10(2,3)4;1-9(2,3)6(7(12)13)11-8(14)15-5-4-10/h7-9H,1-6H3,(H,13,16)(H,14,15);7-8H,4-6H2,1-3H3,(H,12,15)(H,13,14);7H,4-6H2,1-3H3,(H,12,15)(H,13,14);7H,5-6H2,1-4H3,(H,11,14)(H,12,13);6H,4-5H2,1-3H3,(H,11,14)(H,12,13)/t8-,9-;7-,8-;2*7-;6-/m11111/s1. The molecule has 1 heterocycles. The summed E-state index contributed by atoms with van der Waals surface area (Å²) in [6.45, 7) is 32.7. The number of nitrogens with one attached hydrogen (secondary N) is 5. The molecule has 26 nitrogen and oxygen atoms in total. The summed E-state index contributed by atoms with van der Waals surface area (Å²) < 4.78 is 52.3. The van der Waals surface area contributed by atoms with Crippen molar-refractivity contribution in [2.24, 2.45) is 33.0 Å². The minimum absolute atomic E-state index is 0.0567. The minimum Gasteiger partial charge on any atom is -0.480 e. The summed E-state index contributed by atoms with van der Waals surface area (Å²) in [6, 6.07) is -4.98. The Balaban J connectivity index is -0.000000452. The smallest absolute Gasteiger partial charge is 0.408 e. The quantitative estimate of drug-likeness (QED) is 0.0413. The molecule has 0 spiro atoms. The Hall–Kier alpha value is -6.48. The van der Waals surface area contributed by atoms with Crippen LogP contribution in [0.25, 0.3) is 0 Å². The van der Waals surface area contributed by atoms with Gasteiger partial charge in [0.25, 0.3) is 0 Å². The summed E-state index contributed by atoms with van der Waals surface area (Å²) >= 11 is 0. The van der Waals surface area contributed by atoms with Crippen LogP contribution in [0.15, 0.2) is 0 Å². The van der Waals surface area contributed by atoms with Gasteiger partial charge in [-0.05, 0) is 46.3 Å². The fraction of sp³-hybridized carbons (Fsp3) is 0.808. The zero-order chi connectivity index (χ0) is 63.7. The number of halogens is 2. The van der Waals surface area contributed by atoms with E-state index in [-0.39, 0.29) is 37.8 Å². The van der Waals surface area contributed by atoms with E-state index in [1.165, 1.54) is 0 Å². The first-order valence-corrected chi connectivity index (χ1v) is 25.8. The molecule has 0 aromatic heterocycles. The van der Waals surface area contributed by atoms with Gasteiger partial charge in [-0.15, -0.1) is 0 Å². The first kappa shape index (κ1) is 80.0. The number of hydrogen-bond acceptors (Lipinski definition) is 16. The van der Waals surface area contributed by atoms with E-state index in [4.69, 9.17) is 44.5 Å². The van der Waals surface area contributed by atoms with Gasteiger partial charge in [-0.25, -0.2) is 52.3 Å². The Morgan fingerprint density at radius 2 is 0.775 bits per heavy atom. The summed E-state index contributed by atoms with van der Waals surface area (Å²) in [5.41, 5.74) is -2.94. The Morgan fingerprint density at radius 1 is 0.475 bits per heavy atom. The summed E-state index contributed by atoms with van der Waals surface area (Å²) in [6.07, 6.45) is -2.88. The van der Waals surface area contributed by atoms with Gasteiger partial charge in [0.1, 0.15) is 55.7 Å². The fourth-order valence-electron chi connectivity index (χ4n) is 5.63. The number of carbonyl (C=O) groups is 10. The van der Waals surface area contributed by atoms with E-state index in [0.29, 0.717) is 32.7 Å². The molecule has 0 aromatic carbocycles. The van der Waals surface area contributed by atoms with E-state index in [9.17, 15) is 56.7 Å². The molecule has 0 aliphatic carbocycles. The molecule has 80 heavy (non-hydrogen) atoms. The van der Waals surface area contributed by atoms with Gasteiger partial charge in [0.2, 0.25) is 0 Å². The van der Waals surface area contributed by atoms with Crippen LogP contribution < -0.4 is 26.6 Å². The molecule has 1 rings (SSSR count). The maximum Gasteiger partial charge on any atom is 0.408 e. The molecule has 0 aromatic rings. The molecule has 0 bridgehead atoms. The normalized spacial score (nSPS) is 15.4. The third-order valence-corrected chi connectivity index (χ3v) is 10.5. The van der Waals surface area contributed by atoms with Crippen LogP contribution in [0.1, 0.15) is 151 Å². The Morgan fingerprint density at radius 3 is 1.02 bits per heavy atom. The topological polar surface area (TPSA) is 387 Å². The first-order chi connectivity index (χ1) is 36.2. The molecule has 1 fully saturated rings. The lowest BCUT2D eigenvalue weighted by Gasteiger charge is -2.28. The van der Waals surface area contributed by atoms with Gasteiger partial charge in [0.15, 0.2) is 0 Å². The van der Waals surface area contributed by atoms with Crippen molar-refractivity contribution >= 4 is 60.3 Å². The molecule has 5 amide bonds. The lowest BCUT2D eigenvalue weighted by atomic mass is 9.87. The number of rotatable bonds is 20. The Bertz CT molecular complexity index is 1820. The van der Waals surface area contributed by atoms with Gasteiger partial charge in [-0.3, -0.25) is 4.39 Å². The van der Waals surface area contributed by atoms with Crippen LogP contribution >= 0.6 is 0 Å². The maximum atomic E-state index is 11.7. The minimum atomic E-state index is -1.15. The molecule has 10 N–H and O–H groups in total. The third kappa shape index (κ3) is 39.0. The largest absolute Gasteiger partial charge is 0.480 e. The highest BCUT2D eigenvalue weighted by Gasteiger charge is 2.37. The van der Waals surface area contributed by atoms with Gasteiger partial charge in [0, 0.05) is 12.8 Å². The second-order valence-electron chi connectivity index (χ2n) is 23.8. The van der Waals surface area contributed by atoms with Crippen LogP contribution in [0.5, 0.6) is 0 Å². The maximum absolute atomic E-state index is 11.7. The molecule has 7 atom stereocenters. The number of hydrogen-bond donors (Lipinski definition) is 10. The highest BCUT2D eigenvalue weighted by atomic mass is 19.1. The van der Waals surface area contributed by atoms with Gasteiger partial charge in [-0.2, -0.15) is 0 Å². The molecule has 1 aliphatic rings. The molecule has 28 heteroatoms. The van der Waals surface area contributed by atoms with Crippen molar-refractivity contribution in [2.45, 2.75) is 193 Å². The van der Waals surface area contributed by atoms with Gasteiger partial charge >= 0.3 is 60.3 Å². The molecule has 468 valence electrons. The van der Waals surface area contributed by atoms with E-state index >= 15 is 0 Å². The molecule has 0 unspecified atom stereocenters. The van der Waals surface area contributed by atoms with Crippen molar-refractivity contribution in [1.82, 2.24) is 26.6 Å². The highest BCUT2D eigenvalue weighted by Crippen LogP contribution is 2.23. The van der Waals surface area contributed by atoms with Gasteiger partial charge < -0.3 is 80.5 Å². The van der Waals surface area contributed by atoms with Crippen molar-refractivity contribution in [1.29, 1.82) is 0 Å². The highest BCUT2D eigenvalue weighted by molar-refractivity contribution is 5.83. The molecular formula is C52H95F2N5O21. The van der Waals surface area contributed by atoms with E-state index in [1.54, 1.807) is 111 Å². The van der Waals surface area contributed by atoms with E-state index in [1.807, 2.05) is 20.8 Å². The predicted octanol–water partition coefficient (Wildman–Crippen LogP) is 7.63. The number of carbonyl (C=O) groups excluding carboxylic acids is 5. The van der Waals surface area contributed by atoms with Crippen LogP contribution in [0.4, 0.5) is 32.8 Å². The molecular weight excluding hydrogens is 1070 g/mol. The molecule has 0 saturated carbocycles. The first-order valence-electron chi connectivity index (χ1n) is 25.8. The summed E-state index contributed by atoms with van der Waals surface area (Å²) in [5.74, 6) is -5.28. The lowest BCUT2D eigenvalue weighted by Crippen LogP contribution is -2.49. The number of carboxylic acid groups (broad SMARTS) is 5. The second kappa shape index (κ2) is 38.2. The van der Waals surface area contributed by atoms with Crippen LogP contribution in [0, 0.1) is 33.0 Å². The van der Waals surface area contributed by atoms with E-state index < -0.39 is 131 Å². The van der Waals surface area contributed by atoms with Gasteiger partial charge in [-0.1, -0.05) is 125 Å². The molecule has 1 aliphatic heterocycles. The SMILES string of the molecule is CC(C)(C)[C@H](NC(=O)OCCCF)C(=O)O.CC(C)(C)[C@H](NC(=O)OCCF)C(=O)O.CC(C)(C)[C@H](NC(=O)O[C@@H]1CCOC1)C(=O)O.CC(C)[C@@H](C)OC(=O)N[C@H](C(=O)O)C(C)(C)C.CCCOC(=O)N[C@H](C(=O)O)C(C)(C)C. The summed E-state index contributed by atoms with van der Waals surface area (Å²) in [5, 5.41) is 56.2. The van der Waals surface area contributed by atoms with Crippen LogP contribution in [-0.2, 0) is 52.4 Å². The predicted molar refractivity (Wildman–Crippen MR) is 287 cm³/mol. The molecule has 1 saturated heterocycles. The molecule has 0 radical (unpaired) electrons. The summed E-state index contributed by atoms with van der Waals surface area (Å²) in [7, 11) is 0. The zero-order valence-corrected chi connectivity index (χ0v) is 50.2. The summed E-state index contributed by atoms with van der Waals surface area (Å²) in [4.78, 5) is 111. The zero-order valence-electron chi connectivity index (χ0n) is 50.2. The van der Waals surface area contributed by atoms with Crippen molar-refractivity contribution < 1.29 is 111 Å². The van der Waals surface area contributed by atoms with E-state index in [0.717, 1.165) is 0 Å². The number of alkyl halides is 2. The fourth-order valence-corrected chi connectivity index (χ4v) is 5.63. The van der Waals surface area contributed by atoms with Crippen molar-refractivity contribution in [2.75, 3.05) is 46.4 Å². The number of ether oxygens (including phenoxy) is 6. The Kier molecular flexibility index (Phi) is 38.2. The Labute approximate surface area is 469 Å². The van der Waals surface area contributed by atoms with Crippen molar-refractivity contribution in [3.8, 4) is 0 Å². The lowest BCUT2D eigenvalue weighted by molar-refractivity contribution is -0.143. The van der Waals surface area contributed by atoms with Crippen LogP contribution in [0.2, 0.25) is 0 Å². The van der Waals surface area contributed by atoms with Gasteiger partial charge in [0.05, 0.1) is 33.1 Å². The monoisotopic (exact) mass is 1160 g/mol. The third-order valence-electron chi connectivity index (χ3n) is 10.5. The number of carboxylic acids is 5. The van der Waals surface area contributed by atoms with E-state index in [2.05, 4.69) is 36.1 Å². The van der Waals surface area contributed by atoms with Crippen LogP contribution in [-0.4, -0.2) is 175 Å².